The van der Waals surface area contributed by atoms with Crippen LogP contribution in [-0.2, 0) is 12.8 Å². The minimum Gasteiger partial charge on any atom is -0.422 e. The number of esters is 1. The first-order valence-electron chi connectivity index (χ1n) is 12.8. The Morgan fingerprint density at radius 2 is 1.51 bits per heavy atom. The molecule has 5 nitrogen and oxygen atoms in total. The summed E-state index contributed by atoms with van der Waals surface area (Å²) in [7, 11) is 0. The third kappa shape index (κ3) is 8.03. The molecule has 1 aromatic heterocycles. The Bertz CT molecular complexity index is 1120. The monoisotopic (exact) mass is 469 g/mol. The number of nitrogens with zero attached hydrogens (tertiary/aromatic N) is 3. The second kappa shape index (κ2) is 14.0. The number of carbonyl (C=O) groups is 1. The van der Waals surface area contributed by atoms with Gasteiger partial charge in [-0.25, -0.2) is 14.8 Å². The van der Waals surface area contributed by atoms with Crippen LogP contribution in [0.4, 0.5) is 0 Å². The third-order valence-electron chi connectivity index (χ3n) is 6.06. The predicted octanol–water partition coefficient (Wildman–Crippen LogP) is 7.48. The molecule has 0 bridgehead atoms. The summed E-state index contributed by atoms with van der Waals surface area (Å²) in [6, 6.07) is 14.7. The van der Waals surface area contributed by atoms with Gasteiger partial charge in [0.15, 0.2) is 5.82 Å². The van der Waals surface area contributed by atoms with Crippen molar-refractivity contribution < 1.29 is 9.53 Å². The predicted molar refractivity (Wildman–Crippen MR) is 139 cm³/mol. The molecule has 5 heteroatoms. The van der Waals surface area contributed by atoms with Crippen molar-refractivity contribution in [2.75, 3.05) is 0 Å². The number of benzene rings is 2. The summed E-state index contributed by atoms with van der Waals surface area (Å²) in [5.41, 5.74) is 3.84. The van der Waals surface area contributed by atoms with E-state index in [4.69, 9.17) is 4.74 Å². The van der Waals surface area contributed by atoms with E-state index in [-0.39, 0.29) is 0 Å². The van der Waals surface area contributed by atoms with Crippen molar-refractivity contribution in [1.82, 2.24) is 9.97 Å². The molecule has 0 N–H and O–H groups in total. The van der Waals surface area contributed by atoms with Gasteiger partial charge in [-0.1, -0.05) is 77.0 Å². The molecule has 3 rings (SSSR count). The second-order valence-electron chi connectivity index (χ2n) is 8.95. The van der Waals surface area contributed by atoms with Crippen molar-refractivity contribution >= 4 is 5.97 Å². The zero-order valence-electron chi connectivity index (χ0n) is 20.9. The van der Waals surface area contributed by atoms with Crippen molar-refractivity contribution in [2.24, 2.45) is 0 Å². The molecule has 0 aliphatic rings. The van der Waals surface area contributed by atoms with E-state index in [2.05, 4.69) is 29.9 Å². The Balaban J connectivity index is 1.56. The number of rotatable bonds is 13. The van der Waals surface area contributed by atoms with E-state index in [1.54, 1.807) is 18.2 Å². The number of aryl methyl sites for hydroxylation is 2. The maximum atomic E-state index is 12.7. The molecular weight excluding hydrogens is 434 g/mol. The van der Waals surface area contributed by atoms with Crippen molar-refractivity contribution in [3.63, 3.8) is 0 Å². The summed E-state index contributed by atoms with van der Waals surface area (Å²) < 4.78 is 5.55. The first-order valence-corrected chi connectivity index (χ1v) is 12.8. The van der Waals surface area contributed by atoms with Crippen LogP contribution in [0.15, 0.2) is 54.9 Å². The molecule has 0 unspecified atom stereocenters. The summed E-state index contributed by atoms with van der Waals surface area (Å²) >= 11 is 0. The molecule has 182 valence electrons. The molecule has 0 radical (unpaired) electrons. The van der Waals surface area contributed by atoms with E-state index in [1.807, 2.05) is 36.7 Å². The van der Waals surface area contributed by atoms with Crippen LogP contribution in [0, 0.1) is 11.3 Å². The van der Waals surface area contributed by atoms with Gasteiger partial charge < -0.3 is 4.74 Å². The van der Waals surface area contributed by atoms with Crippen LogP contribution >= 0.6 is 0 Å². The number of hydrogen-bond acceptors (Lipinski definition) is 5. The van der Waals surface area contributed by atoms with Crippen molar-refractivity contribution in [3.8, 4) is 23.2 Å². The average molecular weight is 470 g/mol. The summed E-state index contributed by atoms with van der Waals surface area (Å²) in [4.78, 5) is 21.5. The van der Waals surface area contributed by atoms with Crippen LogP contribution in [0.1, 0.15) is 92.3 Å². The fraction of sp³-hybridized carbons (Fsp3) is 0.400. The van der Waals surface area contributed by atoms with Crippen LogP contribution in [0.25, 0.3) is 11.4 Å². The van der Waals surface area contributed by atoms with Crippen molar-refractivity contribution in [1.29, 1.82) is 5.26 Å². The molecule has 3 aromatic rings. The molecule has 0 aliphatic carbocycles. The molecule has 0 spiro atoms. The summed E-state index contributed by atoms with van der Waals surface area (Å²) in [6.45, 7) is 4.35. The SMILES string of the molecule is CCCCCCCCCc1ccc(OC(=O)c2ccc(-c3ncc(CCC)cn3)cc2)c(C#N)c1. The zero-order chi connectivity index (χ0) is 24.9. The quantitative estimate of drug-likeness (QED) is 0.147. The van der Waals surface area contributed by atoms with Gasteiger partial charge in [0.1, 0.15) is 11.8 Å². The van der Waals surface area contributed by atoms with Crippen LogP contribution in [-0.4, -0.2) is 15.9 Å². The highest BCUT2D eigenvalue weighted by Gasteiger charge is 2.13. The van der Waals surface area contributed by atoms with Crippen LogP contribution in [0.2, 0.25) is 0 Å². The number of aromatic nitrogens is 2. The van der Waals surface area contributed by atoms with Crippen molar-refractivity contribution in [2.45, 2.75) is 78.1 Å². The topological polar surface area (TPSA) is 75.9 Å². The first-order chi connectivity index (χ1) is 17.1. The number of nitriles is 1. The fourth-order valence-electron chi connectivity index (χ4n) is 4.03. The Labute approximate surface area is 209 Å². The van der Waals surface area contributed by atoms with E-state index in [1.165, 1.54) is 38.5 Å². The Morgan fingerprint density at radius 1 is 0.829 bits per heavy atom. The van der Waals surface area contributed by atoms with Crippen LogP contribution in [0.3, 0.4) is 0 Å². The summed E-state index contributed by atoms with van der Waals surface area (Å²) in [5.74, 6) is 0.417. The van der Waals surface area contributed by atoms with E-state index in [9.17, 15) is 10.1 Å². The minimum absolute atomic E-state index is 0.291. The molecule has 1 heterocycles. The Hall–Kier alpha value is -3.52. The highest BCUT2D eigenvalue weighted by atomic mass is 16.5. The van der Waals surface area contributed by atoms with Gasteiger partial charge in [0.05, 0.1) is 11.1 Å². The van der Waals surface area contributed by atoms with Gasteiger partial charge in [0.2, 0.25) is 0 Å². The zero-order valence-corrected chi connectivity index (χ0v) is 20.9. The smallest absolute Gasteiger partial charge is 0.343 e. The normalized spacial score (nSPS) is 10.7. The van der Waals surface area contributed by atoms with Gasteiger partial charge in [0.25, 0.3) is 0 Å². The Morgan fingerprint density at radius 3 is 2.17 bits per heavy atom. The number of carbonyl (C=O) groups excluding carboxylic acids is 1. The van der Waals surface area contributed by atoms with E-state index >= 15 is 0 Å². The van der Waals surface area contributed by atoms with Crippen molar-refractivity contribution in [3.05, 3.63) is 77.1 Å². The lowest BCUT2D eigenvalue weighted by Gasteiger charge is -2.09. The summed E-state index contributed by atoms with van der Waals surface area (Å²) in [5, 5.41) is 9.58. The average Bonchev–Trinajstić information content (AvgIpc) is 2.89. The molecule has 2 aromatic carbocycles. The lowest BCUT2D eigenvalue weighted by atomic mass is 10.0. The molecule has 0 saturated carbocycles. The van der Waals surface area contributed by atoms with Crippen LogP contribution < -0.4 is 4.74 Å². The molecule has 0 saturated heterocycles. The number of ether oxygens (including phenoxy) is 1. The lowest BCUT2D eigenvalue weighted by Crippen LogP contribution is -2.09. The molecule has 0 atom stereocenters. The highest BCUT2D eigenvalue weighted by molar-refractivity contribution is 5.91. The number of hydrogen-bond donors (Lipinski definition) is 0. The largest absolute Gasteiger partial charge is 0.422 e. The first kappa shape index (κ1) is 26.1. The molecule has 35 heavy (non-hydrogen) atoms. The van der Waals surface area contributed by atoms with Gasteiger partial charge >= 0.3 is 5.97 Å². The molecule has 0 fully saturated rings. The number of unbranched alkanes of at least 4 members (excludes halogenated alkanes) is 6. The Kier molecular flexibility index (Phi) is 10.4. The van der Waals surface area contributed by atoms with Crippen LogP contribution in [0.5, 0.6) is 5.75 Å². The minimum atomic E-state index is -0.493. The fourth-order valence-corrected chi connectivity index (χ4v) is 4.03. The third-order valence-corrected chi connectivity index (χ3v) is 6.06. The summed E-state index contributed by atoms with van der Waals surface area (Å²) in [6.07, 6.45) is 15.4. The van der Waals surface area contributed by atoms with E-state index < -0.39 is 5.97 Å². The maximum absolute atomic E-state index is 12.7. The van der Waals surface area contributed by atoms with Gasteiger partial charge in [-0.2, -0.15) is 5.26 Å². The highest BCUT2D eigenvalue weighted by Crippen LogP contribution is 2.23. The van der Waals surface area contributed by atoms with E-state index in [0.29, 0.717) is 22.7 Å². The maximum Gasteiger partial charge on any atom is 0.343 e. The lowest BCUT2D eigenvalue weighted by molar-refractivity contribution is 0.0734. The molecule has 0 amide bonds. The van der Waals surface area contributed by atoms with Gasteiger partial charge in [-0.05, 0) is 54.7 Å². The second-order valence-corrected chi connectivity index (χ2v) is 8.95. The molecule has 0 aliphatic heterocycles. The molecular formula is C30H35N3O2. The van der Waals surface area contributed by atoms with Gasteiger partial charge in [-0.15, -0.1) is 0 Å². The van der Waals surface area contributed by atoms with Gasteiger partial charge in [-0.3, -0.25) is 0 Å². The standard InChI is InChI=1S/C30H35N3O2/c1-3-5-6-7-8-9-10-12-23-13-18-28(27(19-23)20-31)35-30(34)26-16-14-25(15-17-26)29-32-21-24(11-4-2)22-33-29/h13-19,21-22H,3-12H2,1-2H3. The van der Waals surface area contributed by atoms with E-state index in [0.717, 1.165) is 42.4 Å². The van der Waals surface area contributed by atoms with Gasteiger partial charge in [0, 0.05) is 18.0 Å².